The molecule has 3 rings (SSSR count). The van der Waals surface area contributed by atoms with Gasteiger partial charge in [-0.15, -0.1) is 12.4 Å². The Bertz CT molecular complexity index is 814. The van der Waals surface area contributed by atoms with Gasteiger partial charge in [-0.2, -0.15) is 0 Å². The fourth-order valence-corrected chi connectivity index (χ4v) is 4.33. The van der Waals surface area contributed by atoms with E-state index in [9.17, 15) is 18.0 Å². The van der Waals surface area contributed by atoms with Crippen LogP contribution in [0.25, 0.3) is 0 Å². The molecule has 1 unspecified atom stereocenters. The van der Waals surface area contributed by atoms with Crippen LogP contribution in [0.4, 0.5) is 5.69 Å². The van der Waals surface area contributed by atoms with Crippen LogP contribution in [0.1, 0.15) is 25.7 Å². The Hall–Kier alpha value is -1.68. The van der Waals surface area contributed by atoms with Gasteiger partial charge in [0.05, 0.1) is 10.8 Å². The van der Waals surface area contributed by atoms with Crippen LogP contribution in [0, 0.1) is 11.8 Å². The molecule has 1 saturated carbocycles. The summed E-state index contributed by atoms with van der Waals surface area (Å²) in [6, 6.07) is 6.12. The number of benzene rings is 1. The van der Waals surface area contributed by atoms with Crippen molar-refractivity contribution >= 4 is 39.9 Å². The highest BCUT2D eigenvalue weighted by Gasteiger charge is 2.36. The van der Waals surface area contributed by atoms with Gasteiger partial charge in [0.1, 0.15) is 0 Å². The molecule has 28 heavy (non-hydrogen) atoms. The van der Waals surface area contributed by atoms with E-state index in [-0.39, 0.29) is 54.0 Å². The number of nitrogens with two attached hydrogens (primary N) is 1. The molecular formula is C18H27ClN4O4S. The lowest BCUT2D eigenvalue weighted by atomic mass is 9.96. The van der Waals surface area contributed by atoms with Gasteiger partial charge in [-0.05, 0) is 43.9 Å². The van der Waals surface area contributed by atoms with E-state index in [1.807, 2.05) is 0 Å². The Morgan fingerprint density at radius 1 is 1.18 bits per heavy atom. The zero-order valence-corrected chi connectivity index (χ0v) is 17.2. The molecule has 1 saturated heterocycles. The smallest absolute Gasteiger partial charge is 0.240 e. The molecule has 10 heteroatoms. The Morgan fingerprint density at radius 3 is 2.61 bits per heavy atom. The van der Waals surface area contributed by atoms with Crippen molar-refractivity contribution in [2.45, 2.75) is 30.6 Å². The van der Waals surface area contributed by atoms with Gasteiger partial charge in [-0.3, -0.25) is 9.59 Å². The van der Waals surface area contributed by atoms with Gasteiger partial charge in [-0.1, -0.05) is 6.07 Å². The van der Waals surface area contributed by atoms with Crippen LogP contribution in [-0.4, -0.2) is 51.3 Å². The molecule has 1 aromatic rings. The van der Waals surface area contributed by atoms with Gasteiger partial charge in [0.25, 0.3) is 0 Å². The maximum Gasteiger partial charge on any atom is 0.240 e. The fourth-order valence-electron chi connectivity index (χ4n) is 3.24. The Balaban J connectivity index is 0.00000280. The largest absolute Gasteiger partial charge is 0.342 e. The number of halogens is 1. The summed E-state index contributed by atoms with van der Waals surface area (Å²) >= 11 is 0. The van der Waals surface area contributed by atoms with Gasteiger partial charge in [0, 0.05) is 37.8 Å². The first-order valence-electron chi connectivity index (χ1n) is 9.30. The number of hydrogen-bond acceptors (Lipinski definition) is 5. The van der Waals surface area contributed by atoms with E-state index in [0.717, 1.165) is 25.7 Å². The molecule has 1 atom stereocenters. The first kappa shape index (κ1) is 22.6. The minimum absolute atomic E-state index is 0. The van der Waals surface area contributed by atoms with E-state index in [4.69, 9.17) is 5.73 Å². The first-order chi connectivity index (χ1) is 12.9. The summed E-state index contributed by atoms with van der Waals surface area (Å²) in [5.41, 5.74) is 5.75. The lowest BCUT2D eigenvalue weighted by Crippen LogP contribution is -2.44. The molecule has 2 aliphatic rings. The predicted octanol–water partition coefficient (Wildman–Crippen LogP) is 0.932. The number of piperidine rings is 1. The number of nitrogens with zero attached hydrogens (tertiary/aromatic N) is 1. The number of amides is 2. The van der Waals surface area contributed by atoms with E-state index in [1.54, 1.807) is 17.0 Å². The number of likely N-dealkylation sites (tertiary alicyclic amines) is 1. The third-order valence-corrected chi connectivity index (χ3v) is 6.34. The average Bonchev–Trinajstić information content (AvgIpc) is 3.51. The second-order valence-electron chi connectivity index (χ2n) is 7.10. The number of carbonyl (C=O) groups excluding carboxylic acids is 2. The SMILES string of the molecule is Cl.NCCNS(=O)(=O)c1cccc(NC(=O)C2CCCN(C(=O)C3CC3)C2)c1. The van der Waals surface area contributed by atoms with Crippen molar-refractivity contribution in [3.8, 4) is 0 Å². The molecule has 1 aromatic carbocycles. The monoisotopic (exact) mass is 430 g/mol. The molecule has 8 nitrogen and oxygen atoms in total. The van der Waals surface area contributed by atoms with Crippen LogP contribution in [0.15, 0.2) is 29.2 Å². The molecule has 0 spiro atoms. The van der Waals surface area contributed by atoms with E-state index in [2.05, 4.69) is 10.0 Å². The third kappa shape index (κ3) is 5.66. The molecular weight excluding hydrogens is 404 g/mol. The summed E-state index contributed by atoms with van der Waals surface area (Å²) in [4.78, 5) is 26.7. The van der Waals surface area contributed by atoms with Crippen LogP contribution in [-0.2, 0) is 19.6 Å². The van der Waals surface area contributed by atoms with Gasteiger partial charge >= 0.3 is 0 Å². The first-order valence-corrected chi connectivity index (χ1v) is 10.8. The molecule has 2 amide bonds. The number of nitrogens with one attached hydrogen (secondary N) is 2. The summed E-state index contributed by atoms with van der Waals surface area (Å²) < 4.78 is 26.8. The zero-order valence-electron chi connectivity index (χ0n) is 15.6. The fraction of sp³-hybridized carbons (Fsp3) is 0.556. The average molecular weight is 431 g/mol. The summed E-state index contributed by atoms with van der Waals surface area (Å²) in [6.07, 6.45) is 3.42. The van der Waals surface area contributed by atoms with E-state index >= 15 is 0 Å². The highest BCUT2D eigenvalue weighted by molar-refractivity contribution is 7.89. The number of hydrogen-bond donors (Lipinski definition) is 3. The summed E-state index contributed by atoms with van der Waals surface area (Å²) in [5.74, 6) is -0.161. The summed E-state index contributed by atoms with van der Waals surface area (Å²) in [7, 11) is -3.66. The maximum atomic E-state index is 12.6. The highest BCUT2D eigenvalue weighted by atomic mass is 35.5. The van der Waals surface area contributed by atoms with Crippen molar-refractivity contribution in [2.24, 2.45) is 17.6 Å². The molecule has 0 aromatic heterocycles. The number of sulfonamides is 1. The molecule has 2 fully saturated rings. The van der Waals surface area contributed by atoms with E-state index in [0.29, 0.717) is 18.8 Å². The Labute approximate surface area is 171 Å². The van der Waals surface area contributed by atoms with Gasteiger partial charge in [0.15, 0.2) is 0 Å². The minimum atomic E-state index is -3.66. The molecule has 4 N–H and O–H groups in total. The highest BCUT2D eigenvalue weighted by Crippen LogP contribution is 2.32. The summed E-state index contributed by atoms with van der Waals surface area (Å²) in [5, 5.41) is 2.79. The van der Waals surface area contributed by atoms with Crippen molar-refractivity contribution in [1.82, 2.24) is 9.62 Å². The number of carbonyl (C=O) groups is 2. The maximum absolute atomic E-state index is 12.6. The second kappa shape index (κ2) is 9.69. The van der Waals surface area contributed by atoms with Crippen LogP contribution in [0.3, 0.4) is 0 Å². The molecule has 1 aliphatic carbocycles. The summed E-state index contributed by atoms with van der Waals surface area (Å²) in [6.45, 7) is 1.48. The lowest BCUT2D eigenvalue weighted by Gasteiger charge is -2.32. The minimum Gasteiger partial charge on any atom is -0.342 e. The molecule has 1 aliphatic heterocycles. The predicted molar refractivity (Wildman–Crippen MR) is 109 cm³/mol. The van der Waals surface area contributed by atoms with Gasteiger partial charge < -0.3 is 16.0 Å². The standard InChI is InChI=1S/C18H26N4O4S.ClH/c19-8-9-20-27(25,26)16-5-1-4-15(11-16)21-17(23)14-3-2-10-22(12-14)18(24)13-6-7-13;/h1,4-5,11,13-14,20H,2-3,6-10,12,19H2,(H,21,23);1H. The Morgan fingerprint density at radius 2 is 1.93 bits per heavy atom. The number of anilines is 1. The lowest BCUT2D eigenvalue weighted by molar-refractivity contribution is -0.135. The molecule has 156 valence electrons. The van der Waals surface area contributed by atoms with Crippen molar-refractivity contribution in [2.75, 3.05) is 31.5 Å². The van der Waals surface area contributed by atoms with Crippen molar-refractivity contribution in [1.29, 1.82) is 0 Å². The molecule has 1 heterocycles. The van der Waals surface area contributed by atoms with Crippen LogP contribution >= 0.6 is 12.4 Å². The van der Waals surface area contributed by atoms with E-state index in [1.165, 1.54) is 12.1 Å². The van der Waals surface area contributed by atoms with Gasteiger partial charge in [0.2, 0.25) is 21.8 Å². The van der Waals surface area contributed by atoms with Crippen molar-refractivity contribution < 1.29 is 18.0 Å². The van der Waals surface area contributed by atoms with E-state index < -0.39 is 10.0 Å². The van der Waals surface area contributed by atoms with Crippen LogP contribution in [0.2, 0.25) is 0 Å². The van der Waals surface area contributed by atoms with Crippen molar-refractivity contribution in [3.63, 3.8) is 0 Å². The van der Waals surface area contributed by atoms with Crippen molar-refractivity contribution in [3.05, 3.63) is 24.3 Å². The Kier molecular flexibility index (Phi) is 7.82. The van der Waals surface area contributed by atoms with Gasteiger partial charge in [-0.25, -0.2) is 13.1 Å². The van der Waals surface area contributed by atoms with Crippen LogP contribution < -0.4 is 15.8 Å². The topological polar surface area (TPSA) is 122 Å². The van der Waals surface area contributed by atoms with Crippen LogP contribution in [0.5, 0.6) is 0 Å². The number of rotatable bonds is 7. The third-order valence-electron chi connectivity index (χ3n) is 4.88. The molecule has 0 bridgehead atoms. The normalized spacial score (nSPS) is 19.6. The molecule has 0 radical (unpaired) electrons. The quantitative estimate of drug-likeness (QED) is 0.594. The zero-order chi connectivity index (χ0) is 19.4. The second-order valence-corrected chi connectivity index (χ2v) is 8.87.